The Hall–Kier alpha value is -1.40. The molecular weight excluding hydrogens is 286 g/mol. The van der Waals surface area contributed by atoms with E-state index in [0.29, 0.717) is 4.90 Å². The molecule has 0 spiro atoms. The van der Waals surface area contributed by atoms with E-state index >= 15 is 0 Å². The molecule has 1 aliphatic heterocycles. The molecule has 0 bridgehead atoms. The summed E-state index contributed by atoms with van der Waals surface area (Å²) in [5, 5.41) is 6.72. The topological polar surface area (TPSA) is 53.0 Å². The van der Waals surface area contributed by atoms with Crippen LogP contribution in [-0.2, 0) is 10.0 Å². The van der Waals surface area contributed by atoms with Crippen LogP contribution in [0.3, 0.4) is 0 Å². The summed E-state index contributed by atoms with van der Waals surface area (Å²) in [6.07, 6.45) is 3.66. The highest BCUT2D eigenvalue weighted by Gasteiger charge is 2.17. The Morgan fingerprint density at radius 1 is 1.10 bits per heavy atom. The number of rotatable bonds is 4. The van der Waals surface area contributed by atoms with Crippen molar-refractivity contribution in [3.05, 3.63) is 29.8 Å². The molecule has 0 aromatic heterocycles. The predicted octanol–water partition coefficient (Wildman–Crippen LogP) is 2.15. The van der Waals surface area contributed by atoms with Crippen molar-refractivity contribution in [3.8, 4) is 0 Å². The highest BCUT2D eigenvalue weighted by Crippen LogP contribution is 2.15. The first-order valence-electron chi connectivity index (χ1n) is 7.24. The maximum atomic E-state index is 12.0. The molecule has 21 heavy (non-hydrogen) atoms. The van der Waals surface area contributed by atoms with Gasteiger partial charge in [-0.3, -0.25) is 5.01 Å². The van der Waals surface area contributed by atoms with E-state index in [1.54, 1.807) is 12.1 Å². The molecule has 0 saturated carbocycles. The maximum absolute atomic E-state index is 12.0. The summed E-state index contributed by atoms with van der Waals surface area (Å²) in [5.74, 6) is 0. The molecule has 1 fully saturated rings. The average molecular weight is 309 g/mol. The summed E-state index contributed by atoms with van der Waals surface area (Å²) in [6.45, 7) is 3.97. The second-order valence-corrected chi connectivity index (χ2v) is 7.66. The minimum Gasteiger partial charge on any atom is -0.297 e. The maximum Gasteiger partial charge on any atom is 0.242 e. The quantitative estimate of drug-likeness (QED) is 0.801. The fraction of sp³-hybridized carbons (Fsp3) is 0.533. The highest BCUT2D eigenvalue weighted by atomic mass is 32.2. The smallest absolute Gasteiger partial charge is 0.242 e. The first-order chi connectivity index (χ1) is 9.91. The Balaban J connectivity index is 2.16. The Kier molecular flexibility index (Phi) is 5.00. The molecule has 2 rings (SSSR count). The van der Waals surface area contributed by atoms with Crippen LogP contribution in [0.2, 0.25) is 0 Å². The Labute approximate surface area is 127 Å². The summed E-state index contributed by atoms with van der Waals surface area (Å²) in [4.78, 5) is 0.307. The van der Waals surface area contributed by atoms with E-state index in [4.69, 9.17) is 0 Å². The van der Waals surface area contributed by atoms with E-state index < -0.39 is 10.0 Å². The van der Waals surface area contributed by atoms with Crippen LogP contribution in [0.4, 0.5) is 0 Å². The Morgan fingerprint density at radius 2 is 1.67 bits per heavy atom. The standard InChI is InChI=1S/C15H23N3O2S/c1-13(16-18-11-5-4-6-12-18)14-7-9-15(10-8-14)21(19,20)17(2)3/h7-10H,4-6,11-12H2,1-3H3. The van der Waals surface area contributed by atoms with Gasteiger partial charge >= 0.3 is 0 Å². The van der Waals surface area contributed by atoms with Gasteiger partial charge in [0, 0.05) is 27.2 Å². The van der Waals surface area contributed by atoms with Gasteiger partial charge in [0.1, 0.15) is 0 Å². The molecular formula is C15H23N3O2S. The summed E-state index contributed by atoms with van der Waals surface area (Å²) < 4.78 is 25.3. The zero-order valence-electron chi connectivity index (χ0n) is 12.9. The molecule has 6 heteroatoms. The monoisotopic (exact) mass is 309 g/mol. The van der Waals surface area contributed by atoms with Gasteiger partial charge in [-0.15, -0.1) is 0 Å². The van der Waals surface area contributed by atoms with Gasteiger partial charge in [-0.05, 0) is 43.9 Å². The number of hydrazone groups is 1. The number of hydrogen-bond donors (Lipinski definition) is 0. The molecule has 116 valence electrons. The minimum atomic E-state index is -3.36. The van der Waals surface area contributed by atoms with Crippen molar-refractivity contribution in [2.45, 2.75) is 31.1 Å². The second-order valence-electron chi connectivity index (χ2n) is 5.51. The third kappa shape index (κ3) is 3.83. The molecule has 1 saturated heterocycles. The van der Waals surface area contributed by atoms with E-state index in [2.05, 4.69) is 10.1 Å². The van der Waals surface area contributed by atoms with Crippen LogP contribution in [0.1, 0.15) is 31.7 Å². The molecule has 5 nitrogen and oxygen atoms in total. The van der Waals surface area contributed by atoms with Crippen molar-refractivity contribution < 1.29 is 8.42 Å². The summed E-state index contributed by atoms with van der Waals surface area (Å²) in [5.41, 5.74) is 1.88. The Bertz CT molecular complexity index is 600. The van der Waals surface area contributed by atoms with Gasteiger partial charge in [-0.1, -0.05) is 12.1 Å². The summed E-state index contributed by atoms with van der Waals surface area (Å²) in [7, 11) is -0.295. The first-order valence-corrected chi connectivity index (χ1v) is 8.68. The molecule has 0 amide bonds. The Morgan fingerprint density at radius 3 is 2.19 bits per heavy atom. The lowest BCUT2D eigenvalue weighted by molar-refractivity contribution is 0.239. The third-order valence-electron chi connectivity index (χ3n) is 3.67. The van der Waals surface area contributed by atoms with E-state index in [1.807, 2.05) is 19.1 Å². The lowest BCUT2D eigenvalue weighted by atomic mass is 10.1. The van der Waals surface area contributed by atoms with Crippen molar-refractivity contribution in [2.75, 3.05) is 27.2 Å². The largest absolute Gasteiger partial charge is 0.297 e. The normalized spacial score (nSPS) is 17.3. The van der Waals surface area contributed by atoms with Crippen molar-refractivity contribution in [1.29, 1.82) is 0 Å². The SMILES string of the molecule is CC(=NN1CCCCC1)c1ccc(S(=O)(=O)N(C)C)cc1. The van der Waals surface area contributed by atoms with Crippen molar-refractivity contribution in [3.63, 3.8) is 0 Å². The molecule has 0 radical (unpaired) electrons. The van der Waals surface area contributed by atoms with E-state index in [1.165, 1.54) is 37.7 Å². The van der Waals surface area contributed by atoms with Gasteiger partial charge in [0.25, 0.3) is 0 Å². The van der Waals surface area contributed by atoms with Crippen LogP contribution in [-0.4, -0.2) is 50.6 Å². The van der Waals surface area contributed by atoms with E-state index in [0.717, 1.165) is 24.4 Å². The van der Waals surface area contributed by atoms with Gasteiger partial charge in [0.2, 0.25) is 10.0 Å². The van der Waals surface area contributed by atoms with Gasteiger partial charge < -0.3 is 0 Å². The van der Waals surface area contributed by atoms with Crippen molar-refractivity contribution in [2.24, 2.45) is 5.10 Å². The average Bonchev–Trinajstić information content (AvgIpc) is 2.48. The summed E-state index contributed by atoms with van der Waals surface area (Å²) in [6, 6.07) is 6.91. The van der Waals surface area contributed by atoms with Crippen LogP contribution in [0.5, 0.6) is 0 Å². The van der Waals surface area contributed by atoms with Crippen LogP contribution in [0.15, 0.2) is 34.3 Å². The zero-order chi connectivity index (χ0) is 15.5. The van der Waals surface area contributed by atoms with Gasteiger partial charge in [0.15, 0.2) is 0 Å². The minimum absolute atomic E-state index is 0.307. The molecule has 0 atom stereocenters. The van der Waals surface area contributed by atoms with Gasteiger partial charge in [-0.2, -0.15) is 5.10 Å². The molecule has 1 heterocycles. The first kappa shape index (κ1) is 16.0. The van der Waals surface area contributed by atoms with Crippen LogP contribution < -0.4 is 0 Å². The lowest BCUT2D eigenvalue weighted by Gasteiger charge is -2.24. The molecule has 0 N–H and O–H groups in total. The fourth-order valence-electron chi connectivity index (χ4n) is 2.33. The second kappa shape index (κ2) is 6.58. The van der Waals surface area contributed by atoms with Crippen LogP contribution >= 0.6 is 0 Å². The fourth-order valence-corrected chi connectivity index (χ4v) is 3.23. The lowest BCUT2D eigenvalue weighted by Crippen LogP contribution is -2.25. The van der Waals surface area contributed by atoms with Crippen LogP contribution in [0, 0.1) is 0 Å². The molecule has 0 unspecified atom stereocenters. The number of hydrogen-bond acceptors (Lipinski definition) is 4. The molecule has 1 aromatic rings. The summed E-state index contributed by atoms with van der Waals surface area (Å²) >= 11 is 0. The van der Waals surface area contributed by atoms with Gasteiger partial charge in [-0.25, -0.2) is 12.7 Å². The predicted molar refractivity (Wildman–Crippen MR) is 84.9 cm³/mol. The zero-order valence-corrected chi connectivity index (χ0v) is 13.7. The third-order valence-corrected chi connectivity index (χ3v) is 5.50. The highest BCUT2D eigenvalue weighted by molar-refractivity contribution is 7.89. The van der Waals surface area contributed by atoms with Gasteiger partial charge in [0.05, 0.1) is 10.6 Å². The molecule has 1 aromatic carbocycles. The van der Waals surface area contributed by atoms with Crippen LogP contribution in [0.25, 0.3) is 0 Å². The number of benzene rings is 1. The number of nitrogens with zero attached hydrogens (tertiary/aromatic N) is 3. The number of piperidine rings is 1. The molecule has 0 aliphatic carbocycles. The molecule has 1 aliphatic rings. The van der Waals surface area contributed by atoms with Crippen molar-refractivity contribution >= 4 is 15.7 Å². The van der Waals surface area contributed by atoms with Crippen molar-refractivity contribution in [1.82, 2.24) is 9.31 Å². The van der Waals surface area contributed by atoms with E-state index in [9.17, 15) is 8.42 Å². The van der Waals surface area contributed by atoms with E-state index in [-0.39, 0.29) is 0 Å². The number of sulfonamides is 1.